The smallest absolute Gasteiger partial charge is 0.213 e. The first-order chi connectivity index (χ1) is 9.36. The van der Waals surface area contributed by atoms with Gasteiger partial charge in [-0.1, -0.05) is 0 Å². The molecule has 2 fully saturated rings. The van der Waals surface area contributed by atoms with E-state index in [4.69, 9.17) is 0 Å². The molecule has 0 radical (unpaired) electrons. The minimum Gasteiger partial charge on any atom is -0.314 e. The highest BCUT2D eigenvalue weighted by molar-refractivity contribution is 7.91. The molecule has 0 aliphatic carbocycles. The molecule has 2 aliphatic heterocycles. The Hall–Kier alpha value is -0.220. The molecule has 0 spiro atoms. The van der Waals surface area contributed by atoms with Crippen molar-refractivity contribution in [3.05, 3.63) is 0 Å². The molecule has 0 aromatic carbocycles. The topological polar surface area (TPSA) is 95.6 Å². The summed E-state index contributed by atoms with van der Waals surface area (Å²) < 4.78 is 49.6. The van der Waals surface area contributed by atoms with Crippen LogP contribution in [0.3, 0.4) is 0 Å². The minimum atomic E-state index is -3.41. The first-order valence-electron chi connectivity index (χ1n) is 7.00. The summed E-state index contributed by atoms with van der Waals surface area (Å²) in [5, 5.41) is 3.21. The fraction of sp³-hybridized carbons (Fsp3) is 1.00. The van der Waals surface area contributed by atoms with E-state index in [1.807, 2.05) is 0 Å². The van der Waals surface area contributed by atoms with E-state index in [-0.39, 0.29) is 17.3 Å². The van der Waals surface area contributed by atoms with E-state index in [1.54, 1.807) is 0 Å². The van der Waals surface area contributed by atoms with Gasteiger partial charge in [-0.2, -0.15) is 0 Å². The summed E-state index contributed by atoms with van der Waals surface area (Å²) in [7, 11) is -6.49. The van der Waals surface area contributed by atoms with Crippen LogP contribution in [-0.2, 0) is 19.9 Å². The highest BCUT2D eigenvalue weighted by Gasteiger charge is 2.28. The number of nitrogens with one attached hydrogen (secondary N) is 2. The molecule has 0 amide bonds. The number of sulfone groups is 1. The molecule has 0 aromatic rings. The van der Waals surface area contributed by atoms with Gasteiger partial charge in [0.05, 0.1) is 17.3 Å². The van der Waals surface area contributed by atoms with Crippen molar-refractivity contribution in [2.24, 2.45) is 0 Å². The van der Waals surface area contributed by atoms with Crippen LogP contribution in [0, 0.1) is 0 Å². The van der Waals surface area contributed by atoms with Crippen molar-refractivity contribution in [1.29, 1.82) is 0 Å². The van der Waals surface area contributed by atoms with Gasteiger partial charge >= 0.3 is 0 Å². The summed E-state index contributed by atoms with van der Waals surface area (Å²) in [6.07, 6.45) is 1.14. The lowest BCUT2D eigenvalue weighted by Gasteiger charge is -2.28. The number of hydrogen-bond donors (Lipinski definition) is 2. The highest BCUT2D eigenvalue weighted by Crippen LogP contribution is 2.13. The number of rotatable bonds is 5. The third-order valence-corrected chi connectivity index (χ3v) is 6.93. The lowest BCUT2D eigenvalue weighted by atomic mass is 10.2. The average Bonchev–Trinajstić information content (AvgIpc) is 2.36. The van der Waals surface area contributed by atoms with Gasteiger partial charge in [0.1, 0.15) is 0 Å². The largest absolute Gasteiger partial charge is 0.314 e. The van der Waals surface area contributed by atoms with Crippen LogP contribution < -0.4 is 10.0 Å². The molecule has 0 aromatic heterocycles. The maximum atomic E-state index is 12.0. The molecule has 1 unspecified atom stereocenters. The van der Waals surface area contributed by atoms with Crippen LogP contribution in [0.2, 0.25) is 0 Å². The van der Waals surface area contributed by atoms with Gasteiger partial charge in [0.25, 0.3) is 0 Å². The van der Waals surface area contributed by atoms with Gasteiger partial charge in [-0.05, 0) is 12.8 Å². The quantitative estimate of drug-likeness (QED) is 0.631. The van der Waals surface area contributed by atoms with Crippen LogP contribution >= 0.6 is 0 Å². The van der Waals surface area contributed by atoms with Crippen molar-refractivity contribution >= 4 is 19.9 Å². The lowest BCUT2D eigenvalue weighted by molar-refractivity contribution is 0.253. The molecule has 2 N–H and O–H groups in total. The highest BCUT2D eigenvalue weighted by atomic mass is 32.2. The summed E-state index contributed by atoms with van der Waals surface area (Å²) >= 11 is 0. The van der Waals surface area contributed by atoms with Crippen molar-refractivity contribution < 1.29 is 16.8 Å². The van der Waals surface area contributed by atoms with Gasteiger partial charge in [0.15, 0.2) is 9.84 Å². The molecule has 2 aliphatic rings. The van der Waals surface area contributed by atoms with Crippen LogP contribution in [0.1, 0.15) is 12.8 Å². The molecule has 0 bridgehead atoms. The van der Waals surface area contributed by atoms with E-state index < -0.39 is 25.9 Å². The van der Waals surface area contributed by atoms with Crippen LogP contribution in [0.5, 0.6) is 0 Å². The summed E-state index contributed by atoms with van der Waals surface area (Å²) in [6.45, 7) is 3.97. The minimum absolute atomic E-state index is 0.0313. The Morgan fingerprint density at radius 1 is 1.25 bits per heavy atom. The normalized spacial score (nSPS) is 28.3. The van der Waals surface area contributed by atoms with Gasteiger partial charge in [-0.25, -0.2) is 21.6 Å². The predicted octanol–water partition coefficient (Wildman–Crippen LogP) is -1.61. The SMILES string of the molecule is O=S1(=O)CCCC(NS(=O)(=O)CCN2CCNCC2)C1. The van der Waals surface area contributed by atoms with Crippen molar-refractivity contribution in [2.45, 2.75) is 18.9 Å². The second kappa shape index (κ2) is 6.69. The Morgan fingerprint density at radius 3 is 2.60 bits per heavy atom. The second-order valence-electron chi connectivity index (χ2n) is 5.48. The first-order valence-corrected chi connectivity index (χ1v) is 10.5. The van der Waals surface area contributed by atoms with E-state index in [0.717, 1.165) is 26.2 Å². The molecule has 0 saturated carbocycles. The molecule has 1 atom stereocenters. The summed E-state index contributed by atoms with van der Waals surface area (Å²) in [5.74, 6) is 0.134. The van der Waals surface area contributed by atoms with Crippen LogP contribution in [0.25, 0.3) is 0 Å². The van der Waals surface area contributed by atoms with E-state index in [1.165, 1.54) is 0 Å². The summed E-state index contributed by atoms with van der Waals surface area (Å²) in [6, 6.07) is -0.457. The average molecular weight is 325 g/mol. The van der Waals surface area contributed by atoms with Gasteiger partial charge in [-0.15, -0.1) is 0 Å². The fourth-order valence-corrected chi connectivity index (χ4v) is 5.68. The Morgan fingerprint density at radius 2 is 1.95 bits per heavy atom. The number of piperazine rings is 1. The maximum Gasteiger partial charge on any atom is 0.213 e. The van der Waals surface area contributed by atoms with Crippen LogP contribution in [0.15, 0.2) is 0 Å². The summed E-state index contributed by atoms with van der Waals surface area (Å²) in [4.78, 5) is 2.10. The molecule has 2 heterocycles. The van der Waals surface area contributed by atoms with Crippen LogP contribution in [0.4, 0.5) is 0 Å². The third kappa shape index (κ3) is 5.28. The zero-order chi connectivity index (χ0) is 14.6. The second-order valence-corrected chi connectivity index (χ2v) is 9.58. The molecule has 2 saturated heterocycles. The fourth-order valence-electron chi connectivity index (χ4n) is 2.61. The van der Waals surface area contributed by atoms with E-state index >= 15 is 0 Å². The molecule has 7 nitrogen and oxygen atoms in total. The number of hydrogen-bond acceptors (Lipinski definition) is 6. The molecule has 2 rings (SSSR count). The molecule has 9 heteroatoms. The zero-order valence-corrected chi connectivity index (χ0v) is 13.2. The Bertz CT molecular complexity index is 512. The Labute approximate surface area is 121 Å². The van der Waals surface area contributed by atoms with E-state index in [0.29, 0.717) is 19.4 Å². The maximum absolute atomic E-state index is 12.0. The van der Waals surface area contributed by atoms with Crippen molar-refractivity contribution in [3.63, 3.8) is 0 Å². The van der Waals surface area contributed by atoms with Gasteiger partial charge in [0, 0.05) is 38.8 Å². The number of nitrogens with zero attached hydrogens (tertiary/aromatic N) is 1. The Balaban J connectivity index is 1.81. The summed E-state index contributed by atoms with van der Waals surface area (Å²) in [5.41, 5.74) is 0. The standard InChI is InChI=1S/C11H23N3O4S2/c15-19(16)8-1-2-11(10-19)13-20(17,18)9-7-14-5-3-12-4-6-14/h11-13H,1-10H2. The predicted molar refractivity (Wildman–Crippen MR) is 77.9 cm³/mol. The first kappa shape index (κ1) is 16.2. The van der Waals surface area contributed by atoms with Gasteiger partial charge in [-0.3, -0.25) is 4.90 Å². The van der Waals surface area contributed by atoms with Crippen molar-refractivity contribution in [2.75, 3.05) is 50.0 Å². The van der Waals surface area contributed by atoms with Gasteiger partial charge < -0.3 is 5.32 Å². The van der Waals surface area contributed by atoms with Crippen molar-refractivity contribution in [3.8, 4) is 0 Å². The number of sulfonamides is 1. The van der Waals surface area contributed by atoms with E-state index in [2.05, 4.69) is 14.9 Å². The molecule has 20 heavy (non-hydrogen) atoms. The van der Waals surface area contributed by atoms with Crippen LogP contribution in [-0.4, -0.2) is 77.8 Å². The lowest BCUT2D eigenvalue weighted by Crippen LogP contribution is -2.48. The third-order valence-electron chi connectivity index (χ3n) is 3.70. The van der Waals surface area contributed by atoms with E-state index in [9.17, 15) is 16.8 Å². The zero-order valence-electron chi connectivity index (χ0n) is 11.5. The molecule has 118 valence electrons. The van der Waals surface area contributed by atoms with Gasteiger partial charge in [0.2, 0.25) is 10.0 Å². The molecular weight excluding hydrogens is 302 g/mol. The monoisotopic (exact) mass is 325 g/mol. The van der Waals surface area contributed by atoms with Crippen molar-refractivity contribution in [1.82, 2.24) is 14.9 Å². The Kier molecular flexibility index (Phi) is 5.41. The molecular formula is C11H23N3O4S2.